The second kappa shape index (κ2) is 41.9. The third-order valence-corrected chi connectivity index (χ3v) is 14.6. The summed E-state index contributed by atoms with van der Waals surface area (Å²) in [5.41, 5.74) is 3.88. The minimum Gasteiger partial charge on any atom is -0.497 e. The highest BCUT2D eigenvalue weighted by Crippen LogP contribution is 2.38. The zero-order valence-corrected chi connectivity index (χ0v) is 60.3. The lowest BCUT2D eigenvalue weighted by Crippen LogP contribution is -2.37. The van der Waals surface area contributed by atoms with Crippen LogP contribution in [0.25, 0.3) is 0 Å². The predicted molar refractivity (Wildman–Crippen MR) is 364 cm³/mol. The molecule has 4 aromatic carbocycles. The van der Waals surface area contributed by atoms with Gasteiger partial charge in [-0.15, -0.1) is 0 Å². The standard InChI is InChI=1S/C19H29NO3.2C18H25F2NO3.C11H23NO2.C8H6F2O2/c1-15(13-18(21)23-19(2,3)4)7-6-12-20-14-16-8-10-17(22-5)11-9-16;2*1-18(2,3)24-15(22)8-11-6-5-7-21-17(11)16-13(19)9-12(23-4)10-14(16)20;1-9(6-5-7-12)8-10(13)14-11(2,3)4;1-12-5-2-7(9)6(4-11)8(10)3-5/h8-11,14-15H,6-7,12-13H2,1-5H3;2*9-11,17,21H,5-8H2,1-4H3;9H,5-8,12H2,1-4H3;2-4H,1H3. The summed E-state index contributed by atoms with van der Waals surface area (Å²) in [6.45, 7) is 29.0. The van der Waals surface area contributed by atoms with Crippen LogP contribution < -0.4 is 35.3 Å². The molecule has 0 radical (unpaired) electrons. The Morgan fingerprint density at radius 3 is 1.16 bits per heavy atom. The maximum Gasteiger partial charge on any atom is 0.306 e. The number of benzene rings is 4. The van der Waals surface area contributed by atoms with Crippen molar-refractivity contribution in [3.8, 4) is 23.0 Å². The molecule has 0 aromatic heterocycles. The zero-order valence-electron chi connectivity index (χ0n) is 60.3. The molecule has 17 nitrogen and oxygen atoms in total. The number of hydrogen-bond donors (Lipinski definition) is 3. The van der Waals surface area contributed by atoms with Crippen LogP contribution >= 0.6 is 0 Å². The Morgan fingerprint density at radius 1 is 0.515 bits per heavy atom. The van der Waals surface area contributed by atoms with E-state index in [4.69, 9.17) is 38.9 Å². The fraction of sp³-hybridized carbons (Fsp3) is 0.595. The maximum atomic E-state index is 14.4. The molecule has 0 saturated carbocycles. The average Bonchev–Trinajstić information content (AvgIpc) is 0.815. The lowest BCUT2D eigenvalue weighted by Gasteiger charge is -2.33. The molecular weight excluding hydrogens is 1270 g/mol. The molecule has 0 aliphatic carbocycles. The Balaban J connectivity index is 0.000000423. The molecule has 544 valence electrons. The largest absolute Gasteiger partial charge is 0.497 e. The quantitative estimate of drug-likeness (QED) is 0.0157. The summed E-state index contributed by atoms with van der Waals surface area (Å²) in [4.78, 5) is 61.9. The molecular formula is C74H108F6N4O13. The second-order valence-corrected chi connectivity index (χ2v) is 28.1. The third-order valence-electron chi connectivity index (χ3n) is 14.6. The number of nitrogens with one attached hydrogen (secondary N) is 2. The van der Waals surface area contributed by atoms with Crippen molar-refractivity contribution >= 4 is 36.4 Å². The zero-order chi connectivity index (χ0) is 73.4. The molecule has 2 heterocycles. The van der Waals surface area contributed by atoms with E-state index in [2.05, 4.69) is 34.2 Å². The number of aldehydes is 1. The number of nitrogens with zero attached hydrogens (tertiary/aromatic N) is 1. The molecule has 97 heavy (non-hydrogen) atoms. The van der Waals surface area contributed by atoms with Crippen LogP contribution in [0, 0.1) is 58.6 Å². The van der Waals surface area contributed by atoms with Gasteiger partial charge in [0.05, 0.1) is 46.8 Å². The van der Waals surface area contributed by atoms with Gasteiger partial charge in [0.25, 0.3) is 0 Å². The van der Waals surface area contributed by atoms with E-state index in [0.29, 0.717) is 57.2 Å². The SMILES string of the molecule is CC(CCCN)CC(=O)OC(C)(C)C.COc1cc(F)c(C2NCCCC2CC(=O)OC(C)(C)C)c(F)c1.COc1cc(F)c(C2NCCCC2CC(=O)OC(C)(C)C)c(F)c1.COc1cc(F)c(C=O)c(F)c1.COc1ccc(C=NCCCC(C)CC(=O)OC(C)(C)C)cc1. The molecule has 2 aliphatic heterocycles. The van der Waals surface area contributed by atoms with Crippen LogP contribution in [0.3, 0.4) is 0 Å². The number of piperidine rings is 2. The Morgan fingerprint density at radius 2 is 0.845 bits per heavy atom. The van der Waals surface area contributed by atoms with Gasteiger partial charge in [-0.3, -0.25) is 29.0 Å². The summed E-state index contributed by atoms with van der Waals surface area (Å²) in [6, 6.07) is 13.3. The van der Waals surface area contributed by atoms with Gasteiger partial charge in [-0.1, -0.05) is 13.8 Å². The number of ether oxygens (including phenoxy) is 8. The van der Waals surface area contributed by atoms with Crippen molar-refractivity contribution in [1.29, 1.82) is 0 Å². The van der Waals surface area contributed by atoms with E-state index in [-0.39, 0.29) is 88.8 Å². The van der Waals surface area contributed by atoms with E-state index in [0.717, 1.165) is 68.5 Å². The van der Waals surface area contributed by atoms with Crippen molar-refractivity contribution < 1.29 is 88.2 Å². The summed E-state index contributed by atoms with van der Waals surface area (Å²) >= 11 is 0. The number of carbonyl (C=O) groups excluding carboxylic acids is 5. The van der Waals surface area contributed by atoms with Crippen molar-refractivity contribution in [3.63, 3.8) is 0 Å². The lowest BCUT2D eigenvalue weighted by molar-refractivity contribution is -0.157. The van der Waals surface area contributed by atoms with Crippen LogP contribution in [0.15, 0.2) is 65.7 Å². The van der Waals surface area contributed by atoms with Gasteiger partial charge in [-0.25, -0.2) is 26.3 Å². The van der Waals surface area contributed by atoms with Gasteiger partial charge in [0.1, 0.15) is 80.3 Å². The normalized spacial score (nSPS) is 16.9. The molecule has 0 spiro atoms. The molecule has 0 bridgehead atoms. The smallest absolute Gasteiger partial charge is 0.306 e. The average molecular weight is 1380 g/mol. The Bertz CT molecular complexity index is 2930. The van der Waals surface area contributed by atoms with E-state index in [1.807, 2.05) is 72.0 Å². The summed E-state index contributed by atoms with van der Waals surface area (Å²) in [5.74, 6) is -4.01. The van der Waals surface area contributed by atoms with Crippen LogP contribution in [0.2, 0.25) is 0 Å². The number of esters is 4. The van der Waals surface area contributed by atoms with Crippen LogP contribution in [-0.4, -0.2) is 113 Å². The summed E-state index contributed by atoms with van der Waals surface area (Å²) in [7, 11) is 5.66. The first kappa shape index (κ1) is 85.8. The van der Waals surface area contributed by atoms with Gasteiger partial charge in [0.2, 0.25) is 0 Å². The highest BCUT2D eigenvalue weighted by atomic mass is 19.2. The molecule has 0 amide bonds. The van der Waals surface area contributed by atoms with Gasteiger partial charge >= 0.3 is 23.9 Å². The van der Waals surface area contributed by atoms with E-state index >= 15 is 0 Å². The third kappa shape index (κ3) is 34.7. The van der Waals surface area contributed by atoms with Crippen molar-refractivity contribution in [3.05, 3.63) is 118 Å². The fourth-order valence-electron chi connectivity index (χ4n) is 10.4. The summed E-state index contributed by atoms with van der Waals surface area (Å²) < 4.78 is 124. The molecule has 2 saturated heterocycles. The van der Waals surface area contributed by atoms with Gasteiger partial charge in [0.15, 0.2) is 6.29 Å². The van der Waals surface area contributed by atoms with Crippen molar-refractivity contribution in [1.82, 2.24) is 10.6 Å². The molecule has 6 atom stereocenters. The van der Waals surface area contributed by atoms with E-state index < -0.39 is 69.4 Å². The van der Waals surface area contributed by atoms with E-state index in [9.17, 15) is 50.3 Å². The maximum absolute atomic E-state index is 14.4. The molecule has 4 N–H and O–H groups in total. The summed E-state index contributed by atoms with van der Waals surface area (Å²) in [5, 5.41) is 6.29. The van der Waals surface area contributed by atoms with Crippen molar-refractivity contribution in [2.75, 3.05) is 54.6 Å². The molecule has 6 rings (SSSR count). The Hall–Kier alpha value is -7.24. The van der Waals surface area contributed by atoms with Crippen LogP contribution in [0.4, 0.5) is 26.3 Å². The van der Waals surface area contributed by atoms with Crippen LogP contribution in [0.5, 0.6) is 23.0 Å². The highest BCUT2D eigenvalue weighted by Gasteiger charge is 2.36. The van der Waals surface area contributed by atoms with Gasteiger partial charge < -0.3 is 54.3 Å². The molecule has 4 aromatic rings. The van der Waals surface area contributed by atoms with E-state index in [1.165, 1.54) is 45.6 Å². The number of aliphatic imine (C=N–C) groups is 1. The molecule has 2 aliphatic rings. The molecule has 23 heteroatoms. The highest BCUT2D eigenvalue weighted by molar-refractivity contribution is 5.79. The minimum absolute atomic E-state index is 0.0379. The summed E-state index contributed by atoms with van der Waals surface area (Å²) in [6.07, 6.45) is 10.3. The first-order chi connectivity index (χ1) is 45.2. The van der Waals surface area contributed by atoms with Crippen LogP contribution in [-0.2, 0) is 38.1 Å². The van der Waals surface area contributed by atoms with E-state index in [1.54, 1.807) is 48.7 Å². The number of hydrogen-bond acceptors (Lipinski definition) is 17. The fourth-order valence-corrected chi connectivity index (χ4v) is 10.4. The number of methoxy groups -OCH3 is 4. The van der Waals surface area contributed by atoms with Gasteiger partial charge in [0, 0.05) is 85.2 Å². The number of nitrogens with two attached hydrogens (primary N) is 1. The first-order valence-electron chi connectivity index (χ1n) is 33.0. The van der Waals surface area contributed by atoms with Crippen molar-refractivity contribution in [2.45, 2.75) is 208 Å². The topological polar surface area (TPSA) is 222 Å². The molecule has 6 unspecified atom stereocenters. The Labute approximate surface area is 571 Å². The lowest BCUT2D eigenvalue weighted by atomic mass is 9.83. The van der Waals surface area contributed by atoms with Crippen LogP contribution in [0.1, 0.15) is 213 Å². The number of halogens is 6. The predicted octanol–water partition coefficient (Wildman–Crippen LogP) is 15.6. The van der Waals surface area contributed by atoms with Gasteiger partial charge in [-0.05, 0) is 208 Å². The number of carbonyl (C=O) groups is 5. The van der Waals surface area contributed by atoms with Gasteiger partial charge in [-0.2, -0.15) is 0 Å². The van der Waals surface area contributed by atoms with Crippen molar-refractivity contribution in [2.24, 2.45) is 34.4 Å². The molecule has 2 fully saturated rings. The number of rotatable bonds is 23. The second-order valence-electron chi connectivity index (χ2n) is 28.1. The minimum atomic E-state index is -0.915. The Kier molecular flexibility index (Phi) is 37.1. The monoisotopic (exact) mass is 1370 g/mol. The first-order valence-corrected chi connectivity index (χ1v) is 33.0.